The Morgan fingerprint density at radius 2 is 1.32 bits per heavy atom. The summed E-state index contributed by atoms with van der Waals surface area (Å²) in [4.78, 5) is 16.0. The fourth-order valence-electron chi connectivity index (χ4n) is 3.09. The van der Waals surface area contributed by atoms with Gasteiger partial charge in [0, 0.05) is 24.5 Å². The Bertz CT molecular complexity index is 889. The summed E-state index contributed by atoms with van der Waals surface area (Å²) in [5, 5.41) is 6.60. The van der Waals surface area contributed by atoms with Crippen molar-refractivity contribution < 1.29 is 4.74 Å². The van der Waals surface area contributed by atoms with Gasteiger partial charge >= 0.3 is 0 Å². The number of nitrogens with zero attached hydrogens (tertiary/aromatic N) is 4. The molecule has 0 unspecified atom stereocenters. The molecule has 0 spiro atoms. The minimum Gasteiger partial charge on any atom is -0.378 e. The van der Waals surface area contributed by atoms with Crippen molar-refractivity contribution in [3.8, 4) is 0 Å². The van der Waals surface area contributed by atoms with Gasteiger partial charge in [-0.25, -0.2) is 0 Å². The van der Waals surface area contributed by atoms with E-state index in [-0.39, 0.29) is 0 Å². The van der Waals surface area contributed by atoms with E-state index < -0.39 is 0 Å². The summed E-state index contributed by atoms with van der Waals surface area (Å²) >= 11 is 0. The maximum absolute atomic E-state index is 5.46. The molecule has 0 atom stereocenters. The van der Waals surface area contributed by atoms with E-state index in [2.05, 4.69) is 68.6 Å². The predicted molar refractivity (Wildman–Crippen MR) is 112 cm³/mol. The summed E-state index contributed by atoms with van der Waals surface area (Å²) in [6.07, 6.45) is 0. The number of anilines is 5. The summed E-state index contributed by atoms with van der Waals surface area (Å²) in [7, 11) is 0. The molecule has 0 amide bonds. The summed E-state index contributed by atoms with van der Waals surface area (Å²) < 4.78 is 5.46. The van der Waals surface area contributed by atoms with Crippen LogP contribution < -0.4 is 15.5 Å². The van der Waals surface area contributed by atoms with Crippen LogP contribution in [0.2, 0.25) is 0 Å². The quantitative estimate of drug-likeness (QED) is 0.701. The fourth-order valence-corrected chi connectivity index (χ4v) is 3.09. The van der Waals surface area contributed by atoms with E-state index in [4.69, 9.17) is 4.74 Å². The van der Waals surface area contributed by atoms with Gasteiger partial charge in [-0.05, 0) is 49.2 Å². The Kier molecular flexibility index (Phi) is 5.34. The fraction of sp³-hybridized carbons (Fsp3) is 0.286. The van der Waals surface area contributed by atoms with Crippen LogP contribution in [0, 0.1) is 13.8 Å². The highest BCUT2D eigenvalue weighted by atomic mass is 16.5. The third kappa shape index (κ3) is 4.55. The summed E-state index contributed by atoms with van der Waals surface area (Å²) in [5.74, 6) is 1.66. The van der Waals surface area contributed by atoms with E-state index in [1.165, 1.54) is 11.1 Å². The zero-order valence-corrected chi connectivity index (χ0v) is 16.1. The van der Waals surface area contributed by atoms with Gasteiger partial charge in [0.2, 0.25) is 17.8 Å². The molecule has 2 N–H and O–H groups in total. The molecule has 0 radical (unpaired) electrons. The van der Waals surface area contributed by atoms with Gasteiger partial charge in [0.25, 0.3) is 0 Å². The molecule has 0 bridgehead atoms. The third-order valence-electron chi connectivity index (χ3n) is 4.47. The SMILES string of the molecule is Cc1cccc(Nc2nc(Nc3cccc(C)c3)nc(N3CCOCC3)n2)c1. The molecular weight excluding hydrogens is 352 g/mol. The van der Waals surface area contributed by atoms with Gasteiger partial charge in [-0.15, -0.1) is 0 Å². The average molecular weight is 376 g/mol. The molecule has 2 aromatic carbocycles. The number of aromatic nitrogens is 3. The number of aryl methyl sites for hydroxylation is 2. The zero-order valence-electron chi connectivity index (χ0n) is 16.1. The molecule has 144 valence electrons. The molecule has 1 saturated heterocycles. The summed E-state index contributed by atoms with van der Waals surface area (Å²) in [6, 6.07) is 16.3. The second-order valence-electron chi connectivity index (χ2n) is 6.87. The first-order chi connectivity index (χ1) is 13.7. The van der Waals surface area contributed by atoms with Gasteiger partial charge in [0.1, 0.15) is 0 Å². The van der Waals surface area contributed by atoms with Crippen molar-refractivity contribution in [2.75, 3.05) is 41.8 Å². The van der Waals surface area contributed by atoms with E-state index in [1.807, 2.05) is 24.3 Å². The molecule has 1 fully saturated rings. The van der Waals surface area contributed by atoms with E-state index in [1.54, 1.807) is 0 Å². The first kappa shape index (κ1) is 18.2. The molecule has 1 aliphatic heterocycles. The molecule has 0 aliphatic carbocycles. The number of ether oxygens (including phenoxy) is 1. The van der Waals surface area contributed by atoms with Crippen molar-refractivity contribution in [3.05, 3.63) is 59.7 Å². The number of benzene rings is 2. The molecule has 0 saturated carbocycles. The topological polar surface area (TPSA) is 75.2 Å². The van der Waals surface area contributed by atoms with E-state index in [9.17, 15) is 0 Å². The van der Waals surface area contributed by atoms with Crippen molar-refractivity contribution in [1.82, 2.24) is 15.0 Å². The second-order valence-corrected chi connectivity index (χ2v) is 6.87. The lowest BCUT2D eigenvalue weighted by molar-refractivity contribution is 0.122. The van der Waals surface area contributed by atoms with Gasteiger partial charge in [0.15, 0.2) is 0 Å². The normalized spacial score (nSPS) is 14.0. The van der Waals surface area contributed by atoms with Crippen LogP contribution in [0.25, 0.3) is 0 Å². The largest absolute Gasteiger partial charge is 0.378 e. The number of hydrogen-bond donors (Lipinski definition) is 2. The minimum atomic E-state index is 0.511. The number of morpholine rings is 1. The highest BCUT2D eigenvalue weighted by Crippen LogP contribution is 2.21. The van der Waals surface area contributed by atoms with Gasteiger partial charge in [-0.3, -0.25) is 0 Å². The van der Waals surface area contributed by atoms with E-state index in [0.29, 0.717) is 31.1 Å². The van der Waals surface area contributed by atoms with Crippen LogP contribution in [-0.2, 0) is 4.74 Å². The van der Waals surface area contributed by atoms with Crippen LogP contribution in [0.4, 0.5) is 29.2 Å². The molecule has 4 rings (SSSR count). The van der Waals surface area contributed by atoms with Crippen molar-refractivity contribution in [2.45, 2.75) is 13.8 Å². The number of rotatable bonds is 5. The zero-order chi connectivity index (χ0) is 19.3. The van der Waals surface area contributed by atoms with Crippen LogP contribution in [-0.4, -0.2) is 41.3 Å². The Morgan fingerprint density at radius 1 is 0.786 bits per heavy atom. The predicted octanol–water partition coefficient (Wildman–Crippen LogP) is 3.81. The van der Waals surface area contributed by atoms with Crippen LogP contribution in [0.5, 0.6) is 0 Å². The molecule has 7 heteroatoms. The molecule has 28 heavy (non-hydrogen) atoms. The Morgan fingerprint density at radius 3 is 1.82 bits per heavy atom. The van der Waals surface area contributed by atoms with Crippen molar-refractivity contribution in [2.24, 2.45) is 0 Å². The van der Waals surface area contributed by atoms with Crippen LogP contribution >= 0.6 is 0 Å². The molecular formula is C21H24N6O. The van der Waals surface area contributed by atoms with Crippen LogP contribution in [0.1, 0.15) is 11.1 Å². The molecule has 1 aliphatic rings. The molecule has 7 nitrogen and oxygen atoms in total. The van der Waals surface area contributed by atoms with Crippen molar-refractivity contribution in [3.63, 3.8) is 0 Å². The van der Waals surface area contributed by atoms with Gasteiger partial charge in [-0.1, -0.05) is 24.3 Å². The third-order valence-corrected chi connectivity index (χ3v) is 4.47. The summed E-state index contributed by atoms with van der Waals surface area (Å²) in [6.45, 7) is 6.99. The van der Waals surface area contributed by atoms with Gasteiger partial charge in [0.05, 0.1) is 13.2 Å². The van der Waals surface area contributed by atoms with Crippen molar-refractivity contribution >= 4 is 29.2 Å². The maximum atomic E-state index is 5.46. The maximum Gasteiger partial charge on any atom is 0.233 e. The summed E-state index contributed by atoms with van der Waals surface area (Å²) in [5.41, 5.74) is 4.23. The molecule has 1 aromatic heterocycles. The Labute approximate surface area is 164 Å². The lowest BCUT2D eigenvalue weighted by Crippen LogP contribution is -2.37. The monoisotopic (exact) mass is 376 g/mol. The van der Waals surface area contributed by atoms with Crippen molar-refractivity contribution in [1.29, 1.82) is 0 Å². The smallest absolute Gasteiger partial charge is 0.233 e. The highest BCUT2D eigenvalue weighted by Gasteiger charge is 2.17. The number of nitrogens with one attached hydrogen (secondary N) is 2. The van der Waals surface area contributed by atoms with Gasteiger partial charge < -0.3 is 20.3 Å². The lowest BCUT2D eigenvalue weighted by atomic mass is 10.2. The van der Waals surface area contributed by atoms with E-state index in [0.717, 1.165) is 24.5 Å². The second kappa shape index (κ2) is 8.22. The Balaban J connectivity index is 1.65. The first-order valence-corrected chi connectivity index (χ1v) is 9.42. The highest BCUT2D eigenvalue weighted by molar-refractivity contribution is 5.60. The Hall–Kier alpha value is -3.19. The van der Waals surface area contributed by atoms with Crippen LogP contribution in [0.3, 0.4) is 0 Å². The minimum absolute atomic E-state index is 0.511. The van der Waals surface area contributed by atoms with Gasteiger partial charge in [-0.2, -0.15) is 15.0 Å². The van der Waals surface area contributed by atoms with E-state index >= 15 is 0 Å². The average Bonchev–Trinajstić information content (AvgIpc) is 2.68. The van der Waals surface area contributed by atoms with Crippen LogP contribution in [0.15, 0.2) is 48.5 Å². The standard InChI is InChI=1S/C21H24N6O/c1-15-5-3-7-17(13-15)22-19-24-20(23-18-8-4-6-16(2)14-18)26-21(25-19)27-9-11-28-12-10-27/h3-8,13-14H,9-12H2,1-2H3,(H2,22,23,24,25,26). The first-order valence-electron chi connectivity index (χ1n) is 9.42. The lowest BCUT2D eigenvalue weighted by Gasteiger charge is -2.27. The molecule has 2 heterocycles. The number of hydrogen-bond acceptors (Lipinski definition) is 7. The molecule has 3 aromatic rings.